The fraction of sp³-hybridized carbons (Fsp3) is 0.269. The highest BCUT2D eigenvalue weighted by Gasteiger charge is 2.36. The molecule has 0 aliphatic carbocycles. The van der Waals surface area contributed by atoms with Gasteiger partial charge in [0.1, 0.15) is 80.9 Å². The van der Waals surface area contributed by atoms with Gasteiger partial charge in [0.2, 0.25) is 11.6 Å². The van der Waals surface area contributed by atoms with E-state index < -0.39 is 53.9 Å². The first-order valence-electron chi connectivity index (χ1n) is 23.6. The number of benzene rings is 2. The first-order chi connectivity index (χ1) is 36.5. The Kier molecular flexibility index (Phi) is 14.9. The lowest BCUT2D eigenvalue weighted by molar-refractivity contribution is 0.171. The third kappa shape index (κ3) is 10.3. The maximum Gasteiger partial charge on any atom is 0.204 e. The van der Waals surface area contributed by atoms with Gasteiger partial charge in [0, 0.05) is 24.8 Å². The number of hydrogen-bond donors (Lipinski definition) is 2. The van der Waals surface area contributed by atoms with Gasteiger partial charge in [0.05, 0.1) is 50.3 Å². The molecule has 8 aromatic heterocycles. The number of aliphatic hydroxyl groups excluding tert-OH is 2. The zero-order valence-corrected chi connectivity index (χ0v) is 44.2. The molecule has 396 valence electrons. The lowest BCUT2D eigenvalue weighted by atomic mass is 10.2. The smallest absolute Gasteiger partial charge is 0.204 e. The van der Waals surface area contributed by atoms with Crippen LogP contribution in [0.2, 0.25) is 0 Å². The second-order valence-electron chi connectivity index (χ2n) is 17.6. The minimum Gasteiger partial charge on any atom is -0.494 e. The summed E-state index contributed by atoms with van der Waals surface area (Å²) in [7, 11) is -1.92. The molecule has 10 aromatic rings. The monoisotopic (exact) mass is 1070 g/mol. The highest BCUT2D eigenvalue weighted by molar-refractivity contribution is 7.91. The molecule has 0 unspecified atom stereocenters. The Morgan fingerprint density at radius 2 is 0.882 bits per heavy atom. The molecule has 0 aliphatic rings. The van der Waals surface area contributed by atoms with E-state index in [1.54, 1.807) is 129 Å². The van der Waals surface area contributed by atoms with Crippen molar-refractivity contribution in [3.8, 4) is 57.5 Å². The van der Waals surface area contributed by atoms with Gasteiger partial charge in [0.25, 0.3) is 0 Å². The fourth-order valence-corrected chi connectivity index (χ4v) is 11.2. The average molecular weight is 1080 g/mol. The summed E-state index contributed by atoms with van der Waals surface area (Å²) in [6, 6.07) is 28.2. The van der Waals surface area contributed by atoms with E-state index in [9.17, 15) is 27.0 Å². The van der Waals surface area contributed by atoms with E-state index in [4.69, 9.17) is 27.8 Å². The van der Waals surface area contributed by atoms with Crippen molar-refractivity contribution < 1.29 is 54.8 Å². The average Bonchev–Trinajstić information content (AvgIpc) is 4.31. The van der Waals surface area contributed by atoms with E-state index in [1.165, 1.54) is 42.3 Å². The second-order valence-corrected chi connectivity index (χ2v) is 22.3. The molecule has 0 bridgehead atoms. The molecule has 22 nitrogen and oxygen atoms in total. The van der Waals surface area contributed by atoms with Crippen LogP contribution in [0.5, 0.6) is 23.0 Å². The molecule has 76 heavy (non-hydrogen) atoms. The second kappa shape index (κ2) is 21.5. The topological polar surface area (TPSA) is 268 Å². The van der Waals surface area contributed by atoms with Crippen molar-refractivity contribution in [2.75, 3.05) is 28.4 Å². The molecular weight excluding hydrogens is 1020 g/mol. The molecule has 0 saturated carbocycles. The number of aliphatic hydroxyl groups is 2. The lowest BCUT2D eigenvalue weighted by Gasteiger charge is -2.19. The van der Waals surface area contributed by atoms with Crippen LogP contribution in [-0.2, 0) is 31.2 Å². The maximum atomic E-state index is 13.6. The van der Waals surface area contributed by atoms with Gasteiger partial charge >= 0.3 is 0 Å². The SMILES string of the molecule is COc1cccc(OC)c1-n1c(CS(=O)(=O)[C@@H](C)[C@H](O)c2cn3ccccc3n2)nnc1-c1ccc(C)o1.COc1cccc(OC)c1-n1c(CS(=O)(=O)[C@H](C)[C@@H](O)c2cn3ccccc3n2)nnc1-c1ccc(C)o1. The van der Waals surface area contributed by atoms with E-state index >= 15 is 0 Å². The number of furan rings is 2. The van der Waals surface area contributed by atoms with Gasteiger partial charge in [-0.3, -0.25) is 9.13 Å². The predicted molar refractivity (Wildman–Crippen MR) is 278 cm³/mol. The van der Waals surface area contributed by atoms with Gasteiger partial charge < -0.3 is 46.8 Å². The largest absolute Gasteiger partial charge is 0.494 e. The van der Waals surface area contributed by atoms with Crippen LogP contribution in [0.15, 0.2) is 131 Å². The van der Waals surface area contributed by atoms with Crippen LogP contribution in [0.25, 0.3) is 45.8 Å². The standard InChI is InChI=1S/2C26H27N5O6S/c2*1-16-11-12-21(37-16)26-29-28-23(31(26)24-19(35-3)8-7-9-20(24)36-4)15-38(33,34)17(2)25(32)18-14-30-13-6-5-10-22(30)27-18/h2*5-14,17,25,32H,15H2,1-4H3/t2*17-,25-/m10/s1. The van der Waals surface area contributed by atoms with Crippen molar-refractivity contribution in [2.45, 2.75) is 61.9 Å². The van der Waals surface area contributed by atoms with Crippen LogP contribution in [0.4, 0.5) is 0 Å². The van der Waals surface area contributed by atoms with Gasteiger partial charge in [-0.2, -0.15) is 0 Å². The van der Waals surface area contributed by atoms with Crippen LogP contribution >= 0.6 is 0 Å². The number of pyridine rings is 2. The van der Waals surface area contributed by atoms with Crippen molar-refractivity contribution >= 4 is 31.0 Å². The molecule has 0 saturated heterocycles. The Balaban J connectivity index is 0.000000186. The summed E-state index contributed by atoms with van der Waals surface area (Å²) in [5, 5.41) is 36.6. The Morgan fingerprint density at radius 3 is 1.20 bits per heavy atom. The number of hydrogen-bond acceptors (Lipinski definition) is 18. The first-order valence-corrected chi connectivity index (χ1v) is 27.0. The molecule has 4 atom stereocenters. The van der Waals surface area contributed by atoms with E-state index in [0.717, 1.165) is 0 Å². The summed E-state index contributed by atoms with van der Waals surface area (Å²) in [6.45, 7) is 6.49. The zero-order chi connectivity index (χ0) is 54.1. The van der Waals surface area contributed by atoms with Crippen molar-refractivity contribution in [1.82, 2.24) is 48.3 Å². The molecule has 0 aliphatic heterocycles. The molecule has 10 rings (SSSR count). The van der Waals surface area contributed by atoms with Gasteiger partial charge in [0.15, 0.2) is 42.8 Å². The molecular formula is C52H54N10O12S2. The molecule has 0 spiro atoms. The summed E-state index contributed by atoms with van der Waals surface area (Å²) in [5.74, 6) is 3.49. The molecule has 2 aromatic carbocycles. The minimum atomic E-state index is -3.97. The van der Waals surface area contributed by atoms with E-state index in [2.05, 4.69) is 30.4 Å². The van der Waals surface area contributed by atoms with E-state index in [0.29, 0.717) is 68.7 Å². The number of sulfone groups is 2. The number of nitrogens with zero attached hydrogens (tertiary/aromatic N) is 10. The van der Waals surface area contributed by atoms with Crippen molar-refractivity contribution in [2.24, 2.45) is 0 Å². The summed E-state index contributed by atoms with van der Waals surface area (Å²) in [6.07, 6.45) is 4.07. The van der Waals surface area contributed by atoms with E-state index in [1.807, 2.05) is 24.3 Å². The summed E-state index contributed by atoms with van der Waals surface area (Å²) in [5.41, 5.74) is 2.56. The number of methoxy groups -OCH3 is 4. The summed E-state index contributed by atoms with van der Waals surface area (Å²) in [4.78, 5) is 8.76. The molecule has 2 N–H and O–H groups in total. The van der Waals surface area contributed by atoms with Crippen LogP contribution in [0.1, 0.15) is 60.6 Å². The number of aryl methyl sites for hydroxylation is 2. The van der Waals surface area contributed by atoms with Crippen LogP contribution in [-0.4, -0.2) is 114 Å². The lowest BCUT2D eigenvalue weighted by Crippen LogP contribution is -2.28. The third-order valence-corrected chi connectivity index (χ3v) is 16.8. The Labute approximate surface area is 436 Å². The normalized spacial score (nSPS) is 13.5. The van der Waals surface area contributed by atoms with Crippen molar-refractivity contribution in [1.29, 1.82) is 0 Å². The minimum absolute atomic E-state index is 0.103. The quantitative estimate of drug-likeness (QED) is 0.0869. The molecule has 0 radical (unpaired) electrons. The van der Waals surface area contributed by atoms with Gasteiger partial charge in [-0.15, -0.1) is 20.4 Å². The zero-order valence-electron chi connectivity index (χ0n) is 42.5. The Bertz CT molecular complexity index is 3550. The number of aromatic nitrogens is 10. The highest BCUT2D eigenvalue weighted by Crippen LogP contribution is 2.39. The van der Waals surface area contributed by atoms with Crippen LogP contribution < -0.4 is 18.9 Å². The number of rotatable bonds is 18. The number of ether oxygens (including phenoxy) is 4. The Hall–Kier alpha value is -8.32. The molecule has 0 fully saturated rings. The molecule has 8 heterocycles. The molecule has 0 amide bonds. The number of imidazole rings is 2. The Morgan fingerprint density at radius 1 is 0.513 bits per heavy atom. The number of para-hydroxylation sites is 2. The fourth-order valence-electron chi connectivity index (χ4n) is 8.51. The maximum absolute atomic E-state index is 13.6. The molecule has 24 heteroatoms. The third-order valence-electron chi connectivity index (χ3n) is 12.7. The van der Waals surface area contributed by atoms with Gasteiger partial charge in [-0.25, -0.2) is 26.8 Å². The van der Waals surface area contributed by atoms with E-state index in [-0.39, 0.29) is 34.7 Å². The van der Waals surface area contributed by atoms with Crippen LogP contribution in [0.3, 0.4) is 0 Å². The summed E-state index contributed by atoms with van der Waals surface area (Å²) < 4.78 is 94.9. The highest BCUT2D eigenvalue weighted by atomic mass is 32.2. The number of fused-ring (bicyclic) bond motifs is 2. The van der Waals surface area contributed by atoms with Crippen molar-refractivity contribution in [3.05, 3.63) is 156 Å². The van der Waals surface area contributed by atoms with Gasteiger partial charge in [-0.05, 0) is 100 Å². The predicted octanol–water partition coefficient (Wildman–Crippen LogP) is 7.08. The summed E-state index contributed by atoms with van der Waals surface area (Å²) >= 11 is 0. The van der Waals surface area contributed by atoms with Crippen LogP contribution in [0, 0.1) is 13.8 Å². The first kappa shape index (κ1) is 52.5. The van der Waals surface area contributed by atoms with Gasteiger partial charge in [-0.1, -0.05) is 24.3 Å². The van der Waals surface area contributed by atoms with Crippen molar-refractivity contribution in [3.63, 3.8) is 0 Å².